The summed E-state index contributed by atoms with van der Waals surface area (Å²) in [6.45, 7) is 5.84. The first-order valence-electron chi connectivity index (χ1n) is 9.30. The smallest absolute Gasteiger partial charge is 0.257 e. The molecule has 0 aliphatic carbocycles. The van der Waals surface area contributed by atoms with Crippen molar-refractivity contribution in [1.82, 2.24) is 20.4 Å². The Kier molecular flexibility index (Phi) is 8.34. The number of nitrogens with zero attached hydrogens (tertiary/aromatic N) is 2. The molecule has 1 unspecified atom stereocenters. The molecule has 2 N–H and O–H groups in total. The van der Waals surface area contributed by atoms with Gasteiger partial charge in [0.1, 0.15) is 5.75 Å². The molecule has 1 aromatic carbocycles. The first kappa shape index (κ1) is 21.5. The van der Waals surface area contributed by atoms with Gasteiger partial charge in [-0.1, -0.05) is 12.1 Å². The zero-order chi connectivity index (χ0) is 18.4. The Labute approximate surface area is 166 Å². The van der Waals surface area contributed by atoms with Crippen molar-refractivity contribution in [2.24, 2.45) is 0 Å². The van der Waals surface area contributed by atoms with Gasteiger partial charge in [-0.05, 0) is 24.1 Å². The van der Waals surface area contributed by atoms with Crippen LogP contribution in [0.15, 0.2) is 24.3 Å². The molecule has 3 rings (SSSR count). The topological polar surface area (TPSA) is 73.9 Å². The number of amides is 2. The van der Waals surface area contributed by atoms with E-state index in [0.717, 1.165) is 51.3 Å². The number of ether oxygens (including phenoxy) is 1. The summed E-state index contributed by atoms with van der Waals surface area (Å²) < 4.78 is 5.45. The number of benzene rings is 1. The number of rotatable bonds is 6. The first-order chi connectivity index (χ1) is 12.7. The fourth-order valence-corrected chi connectivity index (χ4v) is 3.57. The highest BCUT2D eigenvalue weighted by atomic mass is 35.5. The standard InChI is InChI=1S/C19H28N4O3.ClH/c1-20-18(24)14-26-17-4-2-3-15(11-17)12-19(25)23-8-5-16(13-23)22-9-6-21-7-10-22;/h2-4,11,16,21H,5-10,12-14H2,1H3,(H,20,24);1H. The monoisotopic (exact) mass is 396 g/mol. The van der Waals surface area contributed by atoms with Gasteiger partial charge < -0.3 is 20.3 Å². The number of halogens is 1. The van der Waals surface area contributed by atoms with E-state index in [0.29, 0.717) is 18.2 Å². The zero-order valence-corrected chi connectivity index (χ0v) is 16.6. The lowest BCUT2D eigenvalue weighted by Crippen LogP contribution is -2.49. The second-order valence-corrected chi connectivity index (χ2v) is 6.85. The van der Waals surface area contributed by atoms with E-state index in [1.54, 1.807) is 13.1 Å². The van der Waals surface area contributed by atoms with Gasteiger partial charge in [0, 0.05) is 52.4 Å². The van der Waals surface area contributed by atoms with E-state index >= 15 is 0 Å². The third-order valence-corrected chi connectivity index (χ3v) is 5.09. The molecule has 2 aliphatic heterocycles. The van der Waals surface area contributed by atoms with Crippen LogP contribution in [0.3, 0.4) is 0 Å². The summed E-state index contributed by atoms with van der Waals surface area (Å²) in [7, 11) is 1.57. The molecule has 8 heteroatoms. The van der Waals surface area contributed by atoms with E-state index in [1.165, 1.54) is 0 Å². The minimum Gasteiger partial charge on any atom is -0.484 e. The van der Waals surface area contributed by atoms with Gasteiger partial charge in [0.05, 0.1) is 6.42 Å². The predicted octanol–water partition coefficient (Wildman–Crippen LogP) is 0.282. The fraction of sp³-hybridized carbons (Fsp3) is 0.579. The van der Waals surface area contributed by atoms with Gasteiger partial charge in [-0.15, -0.1) is 12.4 Å². The molecule has 2 heterocycles. The van der Waals surface area contributed by atoms with E-state index in [-0.39, 0.29) is 30.8 Å². The Morgan fingerprint density at radius 1 is 1.26 bits per heavy atom. The van der Waals surface area contributed by atoms with Gasteiger partial charge >= 0.3 is 0 Å². The molecular formula is C19H29ClN4O3. The van der Waals surface area contributed by atoms with Crippen LogP contribution in [0, 0.1) is 0 Å². The van der Waals surface area contributed by atoms with E-state index in [4.69, 9.17) is 4.74 Å². The lowest BCUT2D eigenvalue weighted by Gasteiger charge is -2.32. The van der Waals surface area contributed by atoms with Crippen molar-refractivity contribution in [2.75, 3.05) is 52.9 Å². The van der Waals surface area contributed by atoms with Crippen molar-refractivity contribution in [3.63, 3.8) is 0 Å². The Bertz CT molecular complexity index is 637. The summed E-state index contributed by atoms with van der Waals surface area (Å²) >= 11 is 0. The molecule has 0 bridgehead atoms. The van der Waals surface area contributed by atoms with Crippen LogP contribution in [-0.4, -0.2) is 80.6 Å². The minimum absolute atomic E-state index is 0. The van der Waals surface area contributed by atoms with E-state index in [2.05, 4.69) is 15.5 Å². The summed E-state index contributed by atoms with van der Waals surface area (Å²) in [5.41, 5.74) is 0.912. The molecule has 1 aromatic rings. The Balaban J connectivity index is 0.00000261. The van der Waals surface area contributed by atoms with Crippen LogP contribution in [0.2, 0.25) is 0 Å². The van der Waals surface area contributed by atoms with E-state index < -0.39 is 0 Å². The normalized spacial score (nSPS) is 20.0. The van der Waals surface area contributed by atoms with Crippen LogP contribution in [0.5, 0.6) is 5.75 Å². The molecule has 0 saturated carbocycles. The summed E-state index contributed by atoms with van der Waals surface area (Å²) in [5, 5.41) is 5.89. The molecule has 27 heavy (non-hydrogen) atoms. The number of carbonyl (C=O) groups is 2. The number of hydrogen-bond donors (Lipinski definition) is 2. The van der Waals surface area contributed by atoms with Crippen molar-refractivity contribution in [1.29, 1.82) is 0 Å². The lowest BCUT2D eigenvalue weighted by atomic mass is 10.1. The predicted molar refractivity (Wildman–Crippen MR) is 106 cm³/mol. The molecule has 150 valence electrons. The third kappa shape index (κ3) is 6.09. The van der Waals surface area contributed by atoms with Gasteiger partial charge in [0.15, 0.2) is 6.61 Å². The Hall–Kier alpha value is -1.83. The van der Waals surface area contributed by atoms with Crippen molar-refractivity contribution < 1.29 is 14.3 Å². The van der Waals surface area contributed by atoms with Gasteiger partial charge in [-0.2, -0.15) is 0 Å². The minimum atomic E-state index is -0.178. The SMILES string of the molecule is CNC(=O)COc1cccc(CC(=O)N2CCC(N3CCNCC3)C2)c1.Cl. The van der Waals surface area contributed by atoms with Crippen molar-refractivity contribution in [2.45, 2.75) is 18.9 Å². The number of piperazine rings is 1. The maximum absolute atomic E-state index is 12.7. The molecule has 1 atom stereocenters. The number of likely N-dealkylation sites (N-methyl/N-ethyl adjacent to an activating group) is 1. The van der Waals surface area contributed by atoms with Gasteiger partial charge in [0.2, 0.25) is 5.91 Å². The third-order valence-electron chi connectivity index (χ3n) is 5.09. The molecule has 2 amide bonds. The van der Waals surface area contributed by atoms with Crippen molar-refractivity contribution in [3.05, 3.63) is 29.8 Å². The molecule has 0 radical (unpaired) electrons. The number of carbonyl (C=O) groups excluding carboxylic acids is 2. The Morgan fingerprint density at radius 3 is 2.78 bits per heavy atom. The van der Waals surface area contributed by atoms with Crippen LogP contribution in [-0.2, 0) is 16.0 Å². The average molecular weight is 397 g/mol. The molecule has 2 fully saturated rings. The fourth-order valence-electron chi connectivity index (χ4n) is 3.57. The molecule has 7 nitrogen and oxygen atoms in total. The second-order valence-electron chi connectivity index (χ2n) is 6.85. The number of likely N-dealkylation sites (tertiary alicyclic amines) is 1. The quantitative estimate of drug-likeness (QED) is 0.722. The van der Waals surface area contributed by atoms with Crippen LogP contribution in [0.25, 0.3) is 0 Å². The van der Waals surface area contributed by atoms with Crippen molar-refractivity contribution >= 4 is 24.2 Å². The highest BCUT2D eigenvalue weighted by molar-refractivity contribution is 5.85. The maximum atomic E-state index is 12.7. The van der Waals surface area contributed by atoms with Gasteiger partial charge in [0.25, 0.3) is 5.91 Å². The molecular weight excluding hydrogens is 368 g/mol. The molecule has 0 spiro atoms. The summed E-state index contributed by atoms with van der Waals surface area (Å²) in [4.78, 5) is 28.4. The summed E-state index contributed by atoms with van der Waals surface area (Å²) in [5.74, 6) is 0.590. The van der Waals surface area contributed by atoms with Crippen molar-refractivity contribution in [3.8, 4) is 5.75 Å². The van der Waals surface area contributed by atoms with Crippen LogP contribution in [0.4, 0.5) is 0 Å². The van der Waals surface area contributed by atoms with Gasteiger partial charge in [-0.3, -0.25) is 14.5 Å². The van der Waals surface area contributed by atoms with E-state index in [9.17, 15) is 9.59 Å². The highest BCUT2D eigenvalue weighted by Gasteiger charge is 2.30. The largest absolute Gasteiger partial charge is 0.484 e. The van der Waals surface area contributed by atoms with Crippen LogP contribution >= 0.6 is 12.4 Å². The lowest BCUT2D eigenvalue weighted by molar-refractivity contribution is -0.129. The highest BCUT2D eigenvalue weighted by Crippen LogP contribution is 2.19. The molecule has 2 saturated heterocycles. The number of nitrogens with one attached hydrogen (secondary N) is 2. The van der Waals surface area contributed by atoms with Crippen LogP contribution in [0.1, 0.15) is 12.0 Å². The zero-order valence-electron chi connectivity index (χ0n) is 15.8. The molecule has 2 aliphatic rings. The molecule has 0 aromatic heterocycles. The first-order valence-corrected chi connectivity index (χ1v) is 9.30. The summed E-state index contributed by atoms with van der Waals surface area (Å²) in [6.07, 6.45) is 1.42. The van der Waals surface area contributed by atoms with Gasteiger partial charge in [-0.25, -0.2) is 0 Å². The maximum Gasteiger partial charge on any atom is 0.257 e. The summed E-state index contributed by atoms with van der Waals surface area (Å²) in [6, 6.07) is 7.91. The van der Waals surface area contributed by atoms with E-state index in [1.807, 2.05) is 23.1 Å². The second kappa shape index (κ2) is 10.5. The Morgan fingerprint density at radius 2 is 2.04 bits per heavy atom. The van der Waals surface area contributed by atoms with Crippen LogP contribution < -0.4 is 15.4 Å². The number of hydrogen-bond acceptors (Lipinski definition) is 5. The average Bonchev–Trinajstić information content (AvgIpc) is 3.17.